The Morgan fingerprint density at radius 1 is 1.17 bits per heavy atom. The SMILES string of the molecule is COc1ccc2c(c1)OC(=O)C=C(c1ccc(O)cc1)C(O)C2. The van der Waals surface area contributed by atoms with E-state index in [2.05, 4.69) is 0 Å². The summed E-state index contributed by atoms with van der Waals surface area (Å²) < 4.78 is 10.5. The van der Waals surface area contributed by atoms with Gasteiger partial charge in [-0.1, -0.05) is 18.2 Å². The first kappa shape index (κ1) is 15.1. The molecule has 0 radical (unpaired) electrons. The van der Waals surface area contributed by atoms with Gasteiger partial charge in [0.05, 0.1) is 13.2 Å². The maximum atomic E-state index is 12.1. The minimum Gasteiger partial charge on any atom is -0.508 e. The molecule has 1 heterocycles. The van der Waals surface area contributed by atoms with Crippen molar-refractivity contribution in [3.05, 3.63) is 59.7 Å². The Kier molecular flexibility index (Phi) is 4.04. The van der Waals surface area contributed by atoms with Crippen LogP contribution in [-0.4, -0.2) is 29.4 Å². The maximum Gasteiger partial charge on any atom is 0.336 e. The number of aliphatic hydroxyl groups is 1. The minimum absolute atomic E-state index is 0.120. The molecule has 0 bridgehead atoms. The summed E-state index contributed by atoms with van der Waals surface area (Å²) in [6, 6.07) is 11.5. The van der Waals surface area contributed by atoms with E-state index in [1.807, 2.05) is 0 Å². The molecule has 2 aromatic rings. The number of aromatic hydroxyl groups is 1. The van der Waals surface area contributed by atoms with Crippen molar-refractivity contribution in [2.24, 2.45) is 0 Å². The van der Waals surface area contributed by atoms with Crippen LogP contribution in [0.15, 0.2) is 48.5 Å². The lowest BCUT2D eigenvalue weighted by Gasteiger charge is -2.20. The molecular weight excluding hydrogens is 296 g/mol. The number of fused-ring (bicyclic) bond motifs is 1. The van der Waals surface area contributed by atoms with Crippen LogP contribution in [0.1, 0.15) is 11.1 Å². The third-order valence-electron chi connectivity index (χ3n) is 3.73. The average molecular weight is 312 g/mol. The van der Waals surface area contributed by atoms with E-state index in [9.17, 15) is 15.0 Å². The molecule has 1 atom stereocenters. The van der Waals surface area contributed by atoms with Crippen molar-refractivity contribution in [2.75, 3.05) is 7.11 Å². The lowest BCUT2D eigenvalue weighted by atomic mass is 9.94. The number of methoxy groups -OCH3 is 1. The first-order chi connectivity index (χ1) is 11.1. The highest BCUT2D eigenvalue weighted by Gasteiger charge is 2.22. The molecule has 0 aromatic heterocycles. The average Bonchev–Trinajstić information content (AvgIpc) is 2.54. The van der Waals surface area contributed by atoms with Gasteiger partial charge in [0.2, 0.25) is 0 Å². The summed E-state index contributed by atoms with van der Waals surface area (Å²) in [6.07, 6.45) is 0.721. The molecule has 0 fully saturated rings. The van der Waals surface area contributed by atoms with E-state index in [0.717, 1.165) is 5.56 Å². The number of phenols is 1. The third kappa shape index (κ3) is 3.19. The second-order valence-corrected chi connectivity index (χ2v) is 5.26. The first-order valence-corrected chi connectivity index (χ1v) is 7.14. The third-order valence-corrected chi connectivity index (χ3v) is 3.73. The molecule has 1 unspecified atom stereocenters. The Hall–Kier alpha value is -2.79. The van der Waals surface area contributed by atoms with Crippen LogP contribution in [0.3, 0.4) is 0 Å². The van der Waals surface area contributed by atoms with Crippen molar-refractivity contribution in [1.82, 2.24) is 0 Å². The first-order valence-electron chi connectivity index (χ1n) is 7.14. The molecule has 0 spiro atoms. The van der Waals surface area contributed by atoms with Gasteiger partial charge < -0.3 is 19.7 Å². The zero-order valence-corrected chi connectivity index (χ0v) is 12.5. The Bertz CT molecular complexity index is 761. The molecule has 1 aliphatic heterocycles. The Morgan fingerprint density at radius 2 is 1.91 bits per heavy atom. The molecule has 5 nitrogen and oxygen atoms in total. The van der Waals surface area contributed by atoms with E-state index in [4.69, 9.17) is 9.47 Å². The number of hydrogen-bond acceptors (Lipinski definition) is 5. The number of esters is 1. The van der Waals surface area contributed by atoms with Gasteiger partial charge in [0.25, 0.3) is 0 Å². The van der Waals surface area contributed by atoms with Gasteiger partial charge in [-0.2, -0.15) is 0 Å². The number of hydrogen-bond donors (Lipinski definition) is 2. The van der Waals surface area contributed by atoms with Crippen LogP contribution in [-0.2, 0) is 11.2 Å². The van der Waals surface area contributed by atoms with Gasteiger partial charge in [-0.05, 0) is 34.9 Å². The van der Waals surface area contributed by atoms with Crippen LogP contribution in [0.25, 0.3) is 5.57 Å². The highest BCUT2D eigenvalue weighted by Crippen LogP contribution is 2.31. The fourth-order valence-corrected chi connectivity index (χ4v) is 2.53. The summed E-state index contributed by atoms with van der Waals surface area (Å²) in [5, 5.41) is 19.9. The summed E-state index contributed by atoms with van der Waals surface area (Å²) in [7, 11) is 1.53. The fraction of sp³-hybridized carbons (Fsp3) is 0.167. The largest absolute Gasteiger partial charge is 0.508 e. The molecule has 0 aliphatic carbocycles. The highest BCUT2D eigenvalue weighted by atomic mass is 16.5. The zero-order chi connectivity index (χ0) is 16.4. The summed E-state index contributed by atoms with van der Waals surface area (Å²) in [5.74, 6) is 0.514. The number of carbonyl (C=O) groups is 1. The van der Waals surface area contributed by atoms with Gasteiger partial charge in [0.15, 0.2) is 0 Å². The number of carbonyl (C=O) groups excluding carboxylic acids is 1. The summed E-state index contributed by atoms with van der Waals surface area (Å²) in [4.78, 5) is 12.1. The van der Waals surface area contributed by atoms with Gasteiger partial charge in [0, 0.05) is 18.6 Å². The number of phenolic OH excluding ortho intramolecular Hbond substituents is 1. The fourth-order valence-electron chi connectivity index (χ4n) is 2.53. The topological polar surface area (TPSA) is 76.0 Å². The van der Waals surface area contributed by atoms with E-state index >= 15 is 0 Å². The van der Waals surface area contributed by atoms with E-state index in [0.29, 0.717) is 29.1 Å². The van der Waals surface area contributed by atoms with Crippen LogP contribution < -0.4 is 9.47 Å². The van der Waals surface area contributed by atoms with Crippen molar-refractivity contribution in [2.45, 2.75) is 12.5 Å². The molecule has 0 amide bonds. The Labute approximate surface area is 133 Å². The van der Waals surface area contributed by atoms with Crippen LogP contribution in [0.5, 0.6) is 17.2 Å². The van der Waals surface area contributed by atoms with Crippen molar-refractivity contribution < 1.29 is 24.5 Å². The number of benzene rings is 2. The van der Waals surface area contributed by atoms with Crippen molar-refractivity contribution >= 4 is 11.5 Å². The predicted molar refractivity (Wildman–Crippen MR) is 84.4 cm³/mol. The molecule has 3 rings (SSSR count). The zero-order valence-electron chi connectivity index (χ0n) is 12.5. The van der Waals surface area contributed by atoms with Gasteiger partial charge >= 0.3 is 5.97 Å². The van der Waals surface area contributed by atoms with Gasteiger partial charge in [-0.25, -0.2) is 4.79 Å². The van der Waals surface area contributed by atoms with Gasteiger partial charge in [-0.3, -0.25) is 0 Å². The summed E-state index contributed by atoms with van der Waals surface area (Å²) >= 11 is 0. The molecule has 0 saturated carbocycles. The molecule has 118 valence electrons. The molecule has 0 saturated heterocycles. The molecule has 2 aromatic carbocycles. The van der Waals surface area contributed by atoms with E-state index in [-0.39, 0.29) is 5.75 Å². The van der Waals surface area contributed by atoms with Crippen molar-refractivity contribution in [3.8, 4) is 17.2 Å². The molecular formula is C18H16O5. The van der Waals surface area contributed by atoms with Crippen LogP contribution in [0.2, 0.25) is 0 Å². The van der Waals surface area contributed by atoms with Crippen molar-refractivity contribution in [1.29, 1.82) is 0 Å². The van der Waals surface area contributed by atoms with Gasteiger partial charge in [0.1, 0.15) is 17.2 Å². The standard InChI is InChI=1S/C18H16O5/c1-22-14-7-4-12-8-16(20)15(10-18(21)23-17(12)9-14)11-2-5-13(19)6-3-11/h2-7,9-10,16,19-20H,8H2,1H3. The molecule has 2 N–H and O–H groups in total. The number of aliphatic hydroxyl groups excluding tert-OH is 1. The van der Waals surface area contributed by atoms with Crippen LogP contribution in [0.4, 0.5) is 0 Å². The quantitative estimate of drug-likeness (QED) is 0.657. The Morgan fingerprint density at radius 3 is 2.61 bits per heavy atom. The predicted octanol–water partition coefficient (Wildman–Crippen LogP) is 2.31. The summed E-state index contributed by atoms with van der Waals surface area (Å²) in [5.41, 5.74) is 1.83. The smallest absolute Gasteiger partial charge is 0.336 e. The molecule has 23 heavy (non-hydrogen) atoms. The van der Waals surface area contributed by atoms with E-state index in [1.54, 1.807) is 30.3 Å². The normalized spacial score (nSPS) is 17.4. The van der Waals surface area contributed by atoms with Crippen LogP contribution in [0, 0.1) is 0 Å². The lowest BCUT2D eigenvalue weighted by Crippen LogP contribution is -2.20. The van der Waals surface area contributed by atoms with E-state index in [1.165, 1.54) is 25.3 Å². The Balaban J connectivity index is 1.99. The van der Waals surface area contributed by atoms with Crippen LogP contribution >= 0.6 is 0 Å². The molecule has 5 heteroatoms. The van der Waals surface area contributed by atoms with E-state index < -0.39 is 12.1 Å². The van der Waals surface area contributed by atoms with Crippen molar-refractivity contribution in [3.63, 3.8) is 0 Å². The monoisotopic (exact) mass is 312 g/mol. The highest BCUT2D eigenvalue weighted by molar-refractivity contribution is 5.94. The lowest BCUT2D eigenvalue weighted by molar-refractivity contribution is -0.129. The second-order valence-electron chi connectivity index (χ2n) is 5.26. The second kappa shape index (κ2) is 6.14. The number of ether oxygens (including phenoxy) is 2. The summed E-state index contributed by atoms with van der Waals surface area (Å²) in [6.45, 7) is 0. The molecule has 1 aliphatic rings. The number of rotatable bonds is 2. The van der Waals surface area contributed by atoms with Gasteiger partial charge in [-0.15, -0.1) is 0 Å². The maximum absolute atomic E-state index is 12.1. The minimum atomic E-state index is -0.862.